The summed E-state index contributed by atoms with van der Waals surface area (Å²) in [4.78, 5) is 22.5. The third kappa shape index (κ3) is 6.92. The van der Waals surface area contributed by atoms with E-state index in [9.17, 15) is 9.59 Å². The van der Waals surface area contributed by atoms with Crippen molar-refractivity contribution in [3.8, 4) is 0 Å². The van der Waals surface area contributed by atoms with E-state index in [4.69, 9.17) is 10.8 Å². The fraction of sp³-hybridized carbons (Fsp3) is 0.286. The summed E-state index contributed by atoms with van der Waals surface area (Å²) >= 11 is 0. The summed E-state index contributed by atoms with van der Waals surface area (Å²) in [5, 5.41) is 11.4. The fourth-order valence-electron chi connectivity index (χ4n) is 1.54. The second-order valence-electron chi connectivity index (χ2n) is 4.07. The Morgan fingerprint density at radius 2 is 1.95 bits per heavy atom. The second kappa shape index (κ2) is 10.00. The fourth-order valence-corrected chi connectivity index (χ4v) is 1.54. The van der Waals surface area contributed by atoms with Gasteiger partial charge < -0.3 is 16.2 Å². The number of carbonyl (C=O) groups excluding carboxylic acids is 1. The summed E-state index contributed by atoms with van der Waals surface area (Å²) in [6.07, 6.45) is 3.85. The number of carboxylic acid groups (broad SMARTS) is 1. The van der Waals surface area contributed by atoms with E-state index in [2.05, 4.69) is 5.32 Å². The van der Waals surface area contributed by atoms with Crippen LogP contribution in [0, 0.1) is 0 Å². The Balaban J connectivity index is 0.00000361. The molecule has 0 unspecified atom stereocenters. The Kier molecular flexibility index (Phi) is 9.07. The number of carboxylic acids is 1. The highest BCUT2D eigenvalue weighted by Gasteiger charge is 2.17. The third-order valence-electron chi connectivity index (χ3n) is 2.54. The Hall–Kier alpha value is -1.85. The Morgan fingerprint density at radius 1 is 1.30 bits per heavy atom. The number of aliphatic carboxylic acids is 1. The Bertz CT molecular complexity index is 449. The highest BCUT2D eigenvalue weighted by Crippen LogP contribution is 2.01. The monoisotopic (exact) mass is 298 g/mol. The average molecular weight is 299 g/mol. The van der Waals surface area contributed by atoms with Crippen LogP contribution in [0.15, 0.2) is 36.4 Å². The maximum absolute atomic E-state index is 11.6. The van der Waals surface area contributed by atoms with Crippen molar-refractivity contribution in [3.63, 3.8) is 0 Å². The van der Waals surface area contributed by atoms with E-state index in [-0.39, 0.29) is 12.4 Å². The predicted octanol–water partition coefficient (Wildman–Crippen LogP) is 1.43. The van der Waals surface area contributed by atoms with Crippen LogP contribution in [0.4, 0.5) is 0 Å². The van der Waals surface area contributed by atoms with Crippen LogP contribution in [0.2, 0.25) is 0 Å². The van der Waals surface area contributed by atoms with Crippen LogP contribution >= 0.6 is 12.4 Å². The standard InChI is InChI=1S/C14H18N2O3.ClH/c15-10-4-7-12(14(18)19)16-13(17)9-8-11-5-2-1-3-6-11;/h1-3,5-6,8-9,12H,4,7,10,15H2,(H,16,17)(H,18,19);1H/t12-;/m0./s1. The molecular weight excluding hydrogens is 280 g/mol. The van der Waals surface area contributed by atoms with Gasteiger partial charge in [0, 0.05) is 6.08 Å². The molecule has 0 aliphatic rings. The molecule has 0 saturated heterocycles. The molecule has 1 amide bonds. The number of carbonyl (C=O) groups is 2. The molecule has 1 rings (SSSR count). The van der Waals surface area contributed by atoms with Crippen LogP contribution in [0.25, 0.3) is 6.08 Å². The molecule has 0 bridgehead atoms. The van der Waals surface area contributed by atoms with Crippen molar-refractivity contribution in [1.29, 1.82) is 0 Å². The molecule has 4 N–H and O–H groups in total. The summed E-state index contributed by atoms with van der Waals surface area (Å²) in [5.41, 5.74) is 6.20. The molecule has 110 valence electrons. The van der Waals surface area contributed by atoms with Gasteiger partial charge in [-0.05, 0) is 31.0 Å². The van der Waals surface area contributed by atoms with Crippen LogP contribution in [0.5, 0.6) is 0 Å². The first-order chi connectivity index (χ1) is 9.13. The number of nitrogens with one attached hydrogen (secondary N) is 1. The van der Waals surface area contributed by atoms with E-state index in [1.165, 1.54) is 6.08 Å². The first-order valence-corrected chi connectivity index (χ1v) is 6.10. The molecule has 0 aliphatic heterocycles. The SMILES string of the molecule is Cl.NCCC[C@H](NC(=O)C=Cc1ccccc1)C(=O)O. The molecular formula is C14H19ClN2O3. The summed E-state index contributed by atoms with van der Waals surface area (Å²) < 4.78 is 0. The van der Waals surface area contributed by atoms with Gasteiger partial charge in [0.2, 0.25) is 5.91 Å². The molecule has 6 heteroatoms. The molecule has 0 fully saturated rings. The van der Waals surface area contributed by atoms with Gasteiger partial charge >= 0.3 is 5.97 Å². The summed E-state index contributed by atoms with van der Waals surface area (Å²) in [6, 6.07) is 8.42. The third-order valence-corrected chi connectivity index (χ3v) is 2.54. The second-order valence-corrected chi connectivity index (χ2v) is 4.07. The van der Waals surface area contributed by atoms with Crippen molar-refractivity contribution >= 4 is 30.4 Å². The van der Waals surface area contributed by atoms with Crippen LogP contribution in [-0.2, 0) is 9.59 Å². The van der Waals surface area contributed by atoms with Crippen molar-refractivity contribution in [2.45, 2.75) is 18.9 Å². The molecule has 0 aliphatic carbocycles. The number of hydrogen-bond donors (Lipinski definition) is 3. The molecule has 0 saturated carbocycles. The van der Waals surface area contributed by atoms with Gasteiger partial charge in [0.15, 0.2) is 0 Å². The zero-order valence-electron chi connectivity index (χ0n) is 11.0. The highest BCUT2D eigenvalue weighted by atomic mass is 35.5. The maximum Gasteiger partial charge on any atom is 0.326 e. The van der Waals surface area contributed by atoms with Gasteiger partial charge in [-0.25, -0.2) is 4.79 Å². The lowest BCUT2D eigenvalue weighted by atomic mass is 10.1. The highest BCUT2D eigenvalue weighted by molar-refractivity contribution is 5.94. The largest absolute Gasteiger partial charge is 0.480 e. The van der Waals surface area contributed by atoms with Gasteiger partial charge in [-0.3, -0.25) is 4.79 Å². The first-order valence-electron chi connectivity index (χ1n) is 6.10. The van der Waals surface area contributed by atoms with Gasteiger partial charge in [-0.15, -0.1) is 12.4 Å². The van der Waals surface area contributed by atoms with E-state index in [0.717, 1.165) is 5.56 Å². The molecule has 1 aromatic rings. The smallest absolute Gasteiger partial charge is 0.326 e. The van der Waals surface area contributed by atoms with Gasteiger partial charge in [0.25, 0.3) is 0 Å². The summed E-state index contributed by atoms with van der Waals surface area (Å²) in [5.74, 6) is -1.47. The van der Waals surface area contributed by atoms with Gasteiger partial charge in [0.1, 0.15) is 6.04 Å². The predicted molar refractivity (Wildman–Crippen MR) is 80.6 cm³/mol. The first kappa shape index (κ1) is 18.1. The van der Waals surface area contributed by atoms with Crippen LogP contribution in [-0.4, -0.2) is 29.6 Å². The molecule has 0 radical (unpaired) electrons. The quantitative estimate of drug-likeness (QED) is 0.664. The summed E-state index contributed by atoms with van der Waals surface area (Å²) in [6.45, 7) is 0.402. The number of rotatable bonds is 7. The molecule has 0 aromatic heterocycles. The van der Waals surface area contributed by atoms with Crippen molar-refractivity contribution in [1.82, 2.24) is 5.32 Å². The van der Waals surface area contributed by atoms with Crippen molar-refractivity contribution in [2.24, 2.45) is 5.73 Å². The van der Waals surface area contributed by atoms with E-state index in [0.29, 0.717) is 19.4 Å². The zero-order valence-corrected chi connectivity index (χ0v) is 11.8. The normalized spacial score (nSPS) is 11.7. The molecule has 0 heterocycles. The molecule has 5 nitrogen and oxygen atoms in total. The minimum Gasteiger partial charge on any atom is -0.480 e. The lowest BCUT2D eigenvalue weighted by molar-refractivity contribution is -0.141. The maximum atomic E-state index is 11.6. The van der Waals surface area contributed by atoms with Crippen molar-refractivity contribution in [2.75, 3.05) is 6.54 Å². The number of amides is 1. The van der Waals surface area contributed by atoms with Crippen LogP contribution < -0.4 is 11.1 Å². The van der Waals surface area contributed by atoms with Crippen molar-refractivity contribution in [3.05, 3.63) is 42.0 Å². The molecule has 1 aromatic carbocycles. The molecule has 1 atom stereocenters. The summed E-state index contributed by atoms with van der Waals surface area (Å²) in [7, 11) is 0. The Morgan fingerprint density at radius 3 is 2.50 bits per heavy atom. The molecule has 0 spiro atoms. The topological polar surface area (TPSA) is 92.4 Å². The number of halogens is 1. The van der Waals surface area contributed by atoms with E-state index in [1.54, 1.807) is 6.08 Å². The van der Waals surface area contributed by atoms with E-state index >= 15 is 0 Å². The number of hydrogen-bond acceptors (Lipinski definition) is 3. The van der Waals surface area contributed by atoms with Gasteiger partial charge in [0.05, 0.1) is 0 Å². The van der Waals surface area contributed by atoms with Gasteiger partial charge in [-0.2, -0.15) is 0 Å². The minimum absolute atomic E-state index is 0. The average Bonchev–Trinajstić information content (AvgIpc) is 2.42. The van der Waals surface area contributed by atoms with E-state index < -0.39 is 17.9 Å². The lowest BCUT2D eigenvalue weighted by Crippen LogP contribution is -2.40. The Labute approximate surface area is 124 Å². The lowest BCUT2D eigenvalue weighted by Gasteiger charge is -2.12. The zero-order chi connectivity index (χ0) is 14.1. The minimum atomic E-state index is -1.05. The number of nitrogens with two attached hydrogens (primary N) is 1. The van der Waals surface area contributed by atoms with Crippen LogP contribution in [0.3, 0.4) is 0 Å². The van der Waals surface area contributed by atoms with Gasteiger partial charge in [-0.1, -0.05) is 30.3 Å². The van der Waals surface area contributed by atoms with Crippen molar-refractivity contribution < 1.29 is 14.7 Å². The van der Waals surface area contributed by atoms with Crippen LogP contribution in [0.1, 0.15) is 18.4 Å². The number of benzene rings is 1. The molecule has 20 heavy (non-hydrogen) atoms. The van der Waals surface area contributed by atoms with E-state index in [1.807, 2.05) is 30.3 Å².